The van der Waals surface area contributed by atoms with Gasteiger partial charge in [-0.25, -0.2) is 0 Å². The molecule has 2 rings (SSSR count). The summed E-state index contributed by atoms with van der Waals surface area (Å²) in [4.78, 5) is 4.09. The third kappa shape index (κ3) is 0.760. The summed E-state index contributed by atoms with van der Waals surface area (Å²) in [5.74, 6) is 0. The molecule has 0 fully saturated rings. The van der Waals surface area contributed by atoms with Crippen LogP contribution in [0.5, 0.6) is 0 Å². The Bertz CT molecular complexity index is 379. The molecule has 0 amide bonds. The number of fused-ring (bicyclic) bond motifs is 1. The molecule has 0 aliphatic carbocycles. The van der Waals surface area contributed by atoms with Gasteiger partial charge in [0.15, 0.2) is 0 Å². The van der Waals surface area contributed by atoms with E-state index in [1.807, 2.05) is 24.3 Å². The Morgan fingerprint density at radius 2 is 2.10 bits per heavy atom. The van der Waals surface area contributed by atoms with Crippen molar-refractivity contribution in [1.82, 2.24) is 4.98 Å². The van der Waals surface area contributed by atoms with Crippen LogP contribution < -0.4 is 0 Å². The number of rotatable bonds is 0. The first kappa shape index (κ1) is 4.45. The summed E-state index contributed by atoms with van der Waals surface area (Å²) in [6, 6.07) is 9.90. The molecule has 48 valence electrons. The highest BCUT2D eigenvalue weighted by atomic mass is 14.6. The van der Waals surface area contributed by atoms with Crippen LogP contribution in [-0.4, -0.2) is 4.98 Å². The number of benzene rings is 1. The molecule has 2 aromatic rings. The maximum atomic E-state index is 7.50. The number of hydrogen-bond donors (Lipinski definition) is 0. The number of pyridine rings is 1. The topological polar surface area (TPSA) is 12.9 Å². The van der Waals surface area contributed by atoms with Gasteiger partial charge in [0.25, 0.3) is 0 Å². The van der Waals surface area contributed by atoms with Crippen molar-refractivity contribution in [3.05, 3.63) is 42.6 Å². The van der Waals surface area contributed by atoms with E-state index in [0.717, 1.165) is 10.9 Å². The lowest BCUT2D eigenvalue weighted by Gasteiger charge is -1.91. The van der Waals surface area contributed by atoms with Crippen LogP contribution >= 0.6 is 0 Å². The molecule has 1 aromatic carbocycles. The van der Waals surface area contributed by atoms with E-state index in [4.69, 9.17) is 1.37 Å². The van der Waals surface area contributed by atoms with Crippen LogP contribution in [0, 0.1) is 0 Å². The summed E-state index contributed by atoms with van der Waals surface area (Å²) in [7, 11) is 0. The van der Waals surface area contributed by atoms with Crippen molar-refractivity contribution in [3.8, 4) is 0 Å². The van der Waals surface area contributed by atoms with E-state index in [1.54, 1.807) is 12.3 Å². The second kappa shape index (κ2) is 2.10. The number of para-hydroxylation sites is 1. The number of aromatic nitrogens is 1. The maximum Gasteiger partial charge on any atom is 0.0701 e. The standard InChI is InChI=1S/C9H7N/c1-2-6-9-8(4-1)5-3-7-10-9/h1-7H/i6D. The zero-order valence-corrected chi connectivity index (χ0v) is 5.41. The van der Waals surface area contributed by atoms with Gasteiger partial charge in [-0.2, -0.15) is 0 Å². The van der Waals surface area contributed by atoms with Crippen LogP contribution in [0.3, 0.4) is 0 Å². The third-order valence-corrected chi connectivity index (χ3v) is 1.43. The first-order valence-corrected chi connectivity index (χ1v) is 3.18. The minimum absolute atomic E-state index is 0.489. The van der Waals surface area contributed by atoms with E-state index < -0.39 is 0 Å². The first-order chi connectivity index (χ1) is 5.38. The van der Waals surface area contributed by atoms with E-state index in [1.165, 1.54) is 0 Å². The molecule has 0 aliphatic heterocycles. The molecule has 1 aromatic heterocycles. The van der Waals surface area contributed by atoms with Crippen LogP contribution in [-0.2, 0) is 0 Å². The Kier molecular flexibility index (Phi) is 0.935. The van der Waals surface area contributed by atoms with Gasteiger partial charge < -0.3 is 0 Å². The zero-order chi connectivity index (χ0) is 7.68. The van der Waals surface area contributed by atoms with Gasteiger partial charge in [-0.3, -0.25) is 4.98 Å². The lowest BCUT2D eigenvalue weighted by molar-refractivity contribution is 1.41. The zero-order valence-electron chi connectivity index (χ0n) is 6.41. The van der Waals surface area contributed by atoms with E-state index in [9.17, 15) is 0 Å². The van der Waals surface area contributed by atoms with E-state index in [0.29, 0.717) is 6.04 Å². The molecule has 0 spiro atoms. The van der Waals surface area contributed by atoms with Crippen molar-refractivity contribution in [3.63, 3.8) is 0 Å². The predicted molar refractivity (Wildman–Crippen MR) is 41.7 cm³/mol. The van der Waals surface area contributed by atoms with Gasteiger partial charge in [-0.1, -0.05) is 24.3 Å². The van der Waals surface area contributed by atoms with Crippen molar-refractivity contribution in [1.29, 1.82) is 0 Å². The number of hydrogen-bond acceptors (Lipinski definition) is 1. The fourth-order valence-electron chi connectivity index (χ4n) is 0.952. The summed E-state index contributed by atoms with van der Waals surface area (Å²) in [6.07, 6.45) is 1.71. The normalized spacial score (nSPS) is 11.4. The molecule has 1 heterocycles. The van der Waals surface area contributed by atoms with Crippen LogP contribution in [0.4, 0.5) is 0 Å². The molecule has 0 saturated carbocycles. The van der Waals surface area contributed by atoms with Crippen molar-refractivity contribution in [2.45, 2.75) is 0 Å². The van der Waals surface area contributed by atoms with Crippen molar-refractivity contribution in [2.75, 3.05) is 0 Å². The van der Waals surface area contributed by atoms with E-state index in [2.05, 4.69) is 4.98 Å². The van der Waals surface area contributed by atoms with Crippen LogP contribution in [0.1, 0.15) is 1.37 Å². The molecule has 0 radical (unpaired) electrons. The molecule has 1 heteroatoms. The Morgan fingerprint density at radius 3 is 3.00 bits per heavy atom. The fraction of sp³-hybridized carbons (Fsp3) is 0. The van der Waals surface area contributed by atoms with Gasteiger partial charge in [0.2, 0.25) is 0 Å². The lowest BCUT2D eigenvalue weighted by atomic mass is 10.2. The lowest BCUT2D eigenvalue weighted by Crippen LogP contribution is -1.73. The van der Waals surface area contributed by atoms with Crippen LogP contribution in [0.15, 0.2) is 42.6 Å². The molecule has 0 aliphatic rings. The smallest absolute Gasteiger partial charge is 0.0701 e. The average Bonchev–Trinajstić information content (AvgIpc) is 2.06. The highest BCUT2D eigenvalue weighted by molar-refractivity contribution is 5.77. The molecule has 0 bridgehead atoms. The summed E-state index contributed by atoms with van der Waals surface area (Å²) in [6.45, 7) is 0. The van der Waals surface area contributed by atoms with E-state index >= 15 is 0 Å². The minimum Gasteiger partial charge on any atom is -0.256 e. The third-order valence-electron chi connectivity index (χ3n) is 1.43. The highest BCUT2D eigenvalue weighted by Gasteiger charge is 1.86. The first-order valence-electron chi connectivity index (χ1n) is 3.68. The van der Waals surface area contributed by atoms with Crippen LogP contribution in [0.25, 0.3) is 10.9 Å². The highest BCUT2D eigenvalue weighted by Crippen LogP contribution is 2.07. The monoisotopic (exact) mass is 130 g/mol. The Hall–Kier alpha value is -1.37. The Labute approximate surface area is 60.7 Å². The van der Waals surface area contributed by atoms with Gasteiger partial charge in [-0.05, 0) is 12.1 Å². The minimum atomic E-state index is 0.489. The van der Waals surface area contributed by atoms with Gasteiger partial charge >= 0.3 is 0 Å². The molecule has 10 heavy (non-hydrogen) atoms. The number of nitrogens with zero attached hydrogens (tertiary/aromatic N) is 1. The molecule has 0 N–H and O–H groups in total. The second-order valence-corrected chi connectivity index (χ2v) is 2.11. The summed E-state index contributed by atoms with van der Waals surface area (Å²) in [5.41, 5.74) is 0.773. The Balaban J connectivity index is 2.91. The predicted octanol–water partition coefficient (Wildman–Crippen LogP) is 2.23. The molecule has 1 nitrogen and oxygen atoms in total. The SMILES string of the molecule is [2H]c1cccc2cccnc12. The van der Waals surface area contributed by atoms with Gasteiger partial charge in [0.1, 0.15) is 0 Å². The van der Waals surface area contributed by atoms with Gasteiger partial charge in [0, 0.05) is 11.6 Å². The van der Waals surface area contributed by atoms with Crippen LogP contribution in [0.2, 0.25) is 0 Å². The molecule has 0 unspecified atom stereocenters. The molecule has 0 saturated heterocycles. The summed E-state index contributed by atoms with van der Waals surface area (Å²) >= 11 is 0. The van der Waals surface area contributed by atoms with Gasteiger partial charge in [0.05, 0.1) is 6.89 Å². The average molecular weight is 130 g/mol. The van der Waals surface area contributed by atoms with Gasteiger partial charge in [-0.15, -0.1) is 0 Å². The second-order valence-electron chi connectivity index (χ2n) is 2.11. The quantitative estimate of drug-likeness (QED) is 0.533. The molecule has 0 atom stereocenters. The largest absolute Gasteiger partial charge is 0.256 e. The van der Waals surface area contributed by atoms with Crippen molar-refractivity contribution < 1.29 is 1.37 Å². The van der Waals surface area contributed by atoms with Crippen molar-refractivity contribution in [2.24, 2.45) is 0 Å². The summed E-state index contributed by atoms with van der Waals surface area (Å²) in [5, 5.41) is 1.03. The fourth-order valence-corrected chi connectivity index (χ4v) is 0.952. The van der Waals surface area contributed by atoms with Crippen molar-refractivity contribution >= 4 is 10.9 Å². The molecular weight excluding hydrogens is 122 g/mol. The molecular formula is C9H7N. The van der Waals surface area contributed by atoms with E-state index in [-0.39, 0.29) is 0 Å². The maximum absolute atomic E-state index is 7.50. The Morgan fingerprint density at radius 1 is 1.20 bits per heavy atom. The summed E-state index contributed by atoms with van der Waals surface area (Å²) < 4.78 is 7.50.